The fourth-order valence-electron chi connectivity index (χ4n) is 2.91. The molecule has 0 spiro atoms. The molecule has 0 fully saturated rings. The average molecular weight is 440 g/mol. The normalized spacial score (nSPS) is 12.5. The summed E-state index contributed by atoms with van der Waals surface area (Å²) in [6.45, 7) is 0.144. The third-order valence-corrected chi connectivity index (χ3v) is 5.08. The largest absolute Gasteiger partial charge is 0.573 e. The van der Waals surface area contributed by atoms with Crippen molar-refractivity contribution in [2.24, 2.45) is 0 Å². The molecule has 158 valence electrons. The highest BCUT2D eigenvalue weighted by Crippen LogP contribution is 2.29. The second-order valence-corrected chi connectivity index (χ2v) is 8.79. The van der Waals surface area contributed by atoms with E-state index in [1.54, 1.807) is 28.8 Å². The van der Waals surface area contributed by atoms with Crippen LogP contribution in [0.25, 0.3) is 22.1 Å². The number of hydrogen-bond acceptors (Lipinski definition) is 7. The van der Waals surface area contributed by atoms with Gasteiger partial charge in [0.05, 0.1) is 16.8 Å². The Bertz CT molecular complexity index is 1330. The van der Waals surface area contributed by atoms with Gasteiger partial charge < -0.3 is 13.7 Å². The van der Waals surface area contributed by atoms with Gasteiger partial charge in [0.15, 0.2) is 5.58 Å². The van der Waals surface area contributed by atoms with Crippen molar-refractivity contribution in [2.45, 2.75) is 12.9 Å². The summed E-state index contributed by atoms with van der Waals surface area (Å²) in [5, 5.41) is 2.87. The van der Waals surface area contributed by atoms with Crippen LogP contribution in [0.15, 0.2) is 46.9 Å². The number of aromatic nitrogens is 3. The lowest BCUT2D eigenvalue weighted by Gasteiger charge is -2.08. The SMILES string of the molecule is CS(=O)(=O)CCn1c(Nc2nc3ccc(OC(F)(F)F)cc3o2)nc2ccccc21. The maximum absolute atomic E-state index is 12.4. The van der Waals surface area contributed by atoms with Gasteiger partial charge in [-0.15, -0.1) is 13.2 Å². The van der Waals surface area contributed by atoms with E-state index in [9.17, 15) is 21.6 Å². The first-order valence-electron chi connectivity index (χ1n) is 8.64. The number of aryl methyl sites for hydroxylation is 1. The Kier molecular flexibility index (Phi) is 4.80. The number of oxazole rings is 1. The molecule has 0 radical (unpaired) electrons. The Morgan fingerprint density at radius 3 is 2.63 bits per heavy atom. The van der Waals surface area contributed by atoms with Gasteiger partial charge in [-0.3, -0.25) is 5.32 Å². The number of anilines is 2. The Morgan fingerprint density at radius 2 is 1.90 bits per heavy atom. The molecule has 8 nitrogen and oxygen atoms in total. The second kappa shape index (κ2) is 7.20. The Balaban J connectivity index is 1.67. The Labute approximate surface area is 168 Å². The summed E-state index contributed by atoms with van der Waals surface area (Å²) < 4.78 is 71.4. The molecule has 0 aliphatic rings. The fraction of sp³-hybridized carbons (Fsp3) is 0.222. The molecule has 0 saturated carbocycles. The lowest BCUT2D eigenvalue weighted by Crippen LogP contribution is -2.16. The van der Waals surface area contributed by atoms with Crippen molar-refractivity contribution >= 4 is 43.9 Å². The number of rotatable bonds is 6. The molecule has 0 bridgehead atoms. The lowest BCUT2D eigenvalue weighted by molar-refractivity contribution is -0.274. The average Bonchev–Trinajstić information content (AvgIpc) is 3.18. The van der Waals surface area contributed by atoms with Crippen LogP contribution in [0.4, 0.5) is 25.1 Å². The maximum Gasteiger partial charge on any atom is 0.573 e. The molecule has 4 aromatic rings. The van der Waals surface area contributed by atoms with Crippen LogP contribution in [0.1, 0.15) is 0 Å². The van der Waals surface area contributed by atoms with Crippen LogP contribution < -0.4 is 10.1 Å². The van der Waals surface area contributed by atoms with Crippen LogP contribution in [0, 0.1) is 0 Å². The number of nitrogens with zero attached hydrogens (tertiary/aromatic N) is 3. The number of hydrogen-bond donors (Lipinski definition) is 1. The van der Waals surface area contributed by atoms with E-state index in [-0.39, 0.29) is 29.8 Å². The van der Waals surface area contributed by atoms with Crippen LogP contribution in [0.5, 0.6) is 5.75 Å². The Morgan fingerprint density at radius 1 is 1.13 bits per heavy atom. The molecule has 30 heavy (non-hydrogen) atoms. The zero-order valence-electron chi connectivity index (χ0n) is 15.5. The topological polar surface area (TPSA) is 99.2 Å². The monoisotopic (exact) mass is 440 g/mol. The molecule has 2 heterocycles. The summed E-state index contributed by atoms with van der Waals surface area (Å²) in [5.74, 6) is -0.246. The van der Waals surface area contributed by atoms with Crippen molar-refractivity contribution in [2.75, 3.05) is 17.3 Å². The van der Waals surface area contributed by atoms with Gasteiger partial charge in [0.25, 0.3) is 0 Å². The van der Waals surface area contributed by atoms with Crippen molar-refractivity contribution in [3.05, 3.63) is 42.5 Å². The first-order valence-corrected chi connectivity index (χ1v) is 10.7. The van der Waals surface area contributed by atoms with Crippen LogP contribution in [-0.4, -0.2) is 41.3 Å². The molecule has 0 amide bonds. The second-order valence-electron chi connectivity index (χ2n) is 6.53. The van der Waals surface area contributed by atoms with Gasteiger partial charge in [0, 0.05) is 18.9 Å². The molecule has 0 atom stereocenters. The molecule has 4 rings (SSSR count). The first-order chi connectivity index (χ1) is 14.1. The van der Waals surface area contributed by atoms with E-state index in [4.69, 9.17) is 4.42 Å². The van der Waals surface area contributed by atoms with E-state index in [0.29, 0.717) is 16.6 Å². The molecule has 2 aromatic carbocycles. The minimum absolute atomic E-state index is 0.00919. The number of sulfone groups is 1. The van der Waals surface area contributed by atoms with Crippen LogP contribution >= 0.6 is 0 Å². The number of halogens is 3. The standard InChI is InChI=1S/C18H15F3N4O4S/c1-30(26,27)9-8-25-14-5-3-2-4-12(14)22-16(25)24-17-23-13-7-6-11(10-15(13)28-17)29-18(19,20)21/h2-7,10H,8-9H2,1H3,(H,22,23,24). The van der Waals surface area contributed by atoms with Gasteiger partial charge in [-0.25, -0.2) is 13.4 Å². The molecule has 0 aliphatic carbocycles. The van der Waals surface area contributed by atoms with Crippen molar-refractivity contribution in [1.82, 2.24) is 14.5 Å². The van der Waals surface area contributed by atoms with Gasteiger partial charge in [0.2, 0.25) is 5.95 Å². The number of alkyl halides is 3. The summed E-state index contributed by atoms with van der Waals surface area (Å²) in [7, 11) is -3.22. The zero-order valence-corrected chi connectivity index (χ0v) is 16.3. The number of para-hydroxylation sites is 2. The number of benzene rings is 2. The first kappa shape index (κ1) is 20.0. The minimum Gasteiger partial charge on any atom is -0.423 e. The van der Waals surface area contributed by atoms with Crippen LogP contribution in [-0.2, 0) is 16.4 Å². The summed E-state index contributed by atoms with van der Waals surface area (Å²) in [4.78, 5) is 8.61. The van der Waals surface area contributed by atoms with E-state index >= 15 is 0 Å². The third-order valence-electron chi connectivity index (χ3n) is 4.15. The van der Waals surface area contributed by atoms with Gasteiger partial charge in [-0.1, -0.05) is 12.1 Å². The van der Waals surface area contributed by atoms with Gasteiger partial charge >= 0.3 is 12.4 Å². The molecular formula is C18H15F3N4O4S. The smallest absolute Gasteiger partial charge is 0.423 e. The molecule has 1 N–H and O–H groups in total. The Hall–Kier alpha value is -3.28. The highest BCUT2D eigenvalue weighted by molar-refractivity contribution is 7.90. The predicted octanol–water partition coefficient (Wildman–Crippen LogP) is 3.86. The van der Waals surface area contributed by atoms with E-state index < -0.39 is 21.9 Å². The van der Waals surface area contributed by atoms with Gasteiger partial charge in [-0.2, -0.15) is 4.98 Å². The predicted molar refractivity (Wildman–Crippen MR) is 103 cm³/mol. The van der Waals surface area contributed by atoms with E-state index in [1.807, 2.05) is 0 Å². The third kappa shape index (κ3) is 4.48. The maximum atomic E-state index is 12.4. The summed E-state index contributed by atoms with van der Waals surface area (Å²) in [5.41, 5.74) is 1.73. The van der Waals surface area contributed by atoms with Crippen LogP contribution in [0.3, 0.4) is 0 Å². The van der Waals surface area contributed by atoms with Crippen molar-refractivity contribution in [3.8, 4) is 5.75 Å². The molecule has 2 aromatic heterocycles. The van der Waals surface area contributed by atoms with Crippen molar-refractivity contribution < 1.29 is 30.7 Å². The fourth-order valence-corrected chi connectivity index (χ4v) is 3.42. The highest BCUT2D eigenvalue weighted by atomic mass is 32.2. The number of nitrogens with one attached hydrogen (secondary N) is 1. The number of imidazole rings is 1. The molecule has 0 aliphatic heterocycles. The lowest BCUT2D eigenvalue weighted by atomic mass is 10.3. The minimum atomic E-state index is -4.82. The highest BCUT2D eigenvalue weighted by Gasteiger charge is 2.31. The van der Waals surface area contributed by atoms with E-state index in [0.717, 1.165) is 18.4 Å². The van der Waals surface area contributed by atoms with Crippen LogP contribution in [0.2, 0.25) is 0 Å². The summed E-state index contributed by atoms with van der Waals surface area (Å²) in [6, 6.07) is 10.7. The number of ether oxygens (including phenoxy) is 1. The molecule has 12 heteroatoms. The van der Waals surface area contributed by atoms with Crippen molar-refractivity contribution in [1.29, 1.82) is 0 Å². The number of fused-ring (bicyclic) bond motifs is 2. The quantitative estimate of drug-likeness (QED) is 0.486. The van der Waals surface area contributed by atoms with Gasteiger partial charge in [0.1, 0.15) is 21.1 Å². The zero-order chi connectivity index (χ0) is 21.5. The molecule has 0 saturated heterocycles. The van der Waals surface area contributed by atoms with E-state index in [2.05, 4.69) is 20.0 Å². The van der Waals surface area contributed by atoms with E-state index in [1.165, 1.54) is 6.07 Å². The van der Waals surface area contributed by atoms with Crippen molar-refractivity contribution in [3.63, 3.8) is 0 Å². The summed E-state index contributed by atoms with van der Waals surface area (Å²) >= 11 is 0. The molecule has 0 unspecified atom stereocenters. The summed E-state index contributed by atoms with van der Waals surface area (Å²) in [6.07, 6.45) is -3.68. The molecular weight excluding hydrogens is 425 g/mol. The van der Waals surface area contributed by atoms with Gasteiger partial charge in [-0.05, 0) is 24.3 Å².